The van der Waals surface area contributed by atoms with E-state index >= 15 is 0 Å². The molecular formula is C6H9NO2. The summed E-state index contributed by atoms with van der Waals surface area (Å²) in [6.07, 6.45) is 1.56. The minimum Gasteiger partial charge on any atom is -0.464 e. The van der Waals surface area contributed by atoms with Crippen LogP contribution in [-0.2, 0) is 0 Å². The standard InChI is InChI=1S/C6H9NO2/c7-3-5-9-6-2-1-4-8-6/h1-2,4H,3,5,7H2. The molecule has 0 aliphatic heterocycles. The molecule has 0 radical (unpaired) electrons. The van der Waals surface area contributed by atoms with Crippen LogP contribution in [0.1, 0.15) is 0 Å². The molecule has 1 rings (SSSR count). The SMILES string of the molecule is NCCOc1ccco1. The lowest BCUT2D eigenvalue weighted by atomic mass is 10.6. The molecule has 0 saturated heterocycles. The number of rotatable bonds is 3. The summed E-state index contributed by atoms with van der Waals surface area (Å²) in [7, 11) is 0. The van der Waals surface area contributed by atoms with Crippen LogP contribution in [0.5, 0.6) is 5.95 Å². The fourth-order valence-corrected chi connectivity index (χ4v) is 0.505. The smallest absolute Gasteiger partial charge is 0.284 e. The maximum absolute atomic E-state index is 5.18. The molecule has 2 N–H and O–H groups in total. The molecule has 0 atom stereocenters. The zero-order valence-corrected chi connectivity index (χ0v) is 5.04. The first kappa shape index (κ1) is 6.16. The Morgan fingerprint density at radius 3 is 3.11 bits per heavy atom. The molecular weight excluding hydrogens is 118 g/mol. The fourth-order valence-electron chi connectivity index (χ4n) is 0.505. The van der Waals surface area contributed by atoms with E-state index in [1.807, 2.05) is 0 Å². The highest BCUT2D eigenvalue weighted by Gasteiger charge is 1.90. The monoisotopic (exact) mass is 127 g/mol. The summed E-state index contributed by atoms with van der Waals surface area (Å²) in [6, 6.07) is 3.52. The average Bonchev–Trinajstić information content (AvgIpc) is 2.34. The lowest BCUT2D eigenvalue weighted by Crippen LogP contribution is -2.09. The van der Waals surface area contributed by atoms with Crippen LogP contribution in [0, 0.1) is 0 Å². The third kappa shape index (κ3) is 1.77. The summed E-state index contributed by atoms with van der Waals surface area (Å²) < 4.78 is 9.86. The van der Waals surface area contributed by atoms with E-state index in [-0.39, 0.29) is 0 Å². The third-order valence-electron chi connectivity index (χ3n) is 0.857. The lowest BCUT2D eigenvalue weighted by Gasteiger charge is -1.96. The molecule has 0 saturated carbocycles. The Morgan fingerprint density at radius 2 is 2.56 bits per heavy atom. The van der Waals surface area contributed by atoms with Gasteiger partial charge in [0.1, 0.15) is 6.61 Å². The highest BCUT2D eigenvalue weighted by molar-refractivity contribution is 5.03. The van der Waals surface area contributed by atoms with Crippen molar-refractivity contribution in [3.05, 3.63) is 18.4 Å². The van der Waals surface area contributed by atoms with E-state index in [0.717, 1.165) is 0 Å². The highest BCUT2D eigenvalue weighted by atomic mass is 16.6. The first-order valence-electron chi connectivity index (χ1n) is 2.80. The van der Waals surface area contributed by atoms with Gasteiger partial charge in [-0.05, 0) is 6.07 Å². The van der Waals surface area contributed by atoms with Gasteiger partial charge in [0.25, 0.3) is 5.95 Å². The molecule has 1 aromatic rings. The number of hydrogen-bond donors (Lipinski definition) is 1. The zero-order chi connectivity index (χ0) is 6.53. The van der Waals surface area contributed by atoms with Crippen LogP contribution in [0.25, 0.3) is 0 Å². The van der Waals surface area contributed by atoms with E-state index in [1.165, 1.54) is 0 Å². The van der Waals surface area contributed by atoms with Crippen LogP contribution in [0.4, 0.5) is 0 Å². The molecule has 0 aliphatic rings. The van der Waals surface area contributed by atoms with E-state index < -0.39 is 0 Å². The summed E-state index contributed by atoms with van der Waals surface area (Å²) in [4.78, 5) is 0. The van der Waals surface area contributed by atoms with E-state index in [4.69, 9.17) is 14.9 Å². The molecule has 9 heavy (non-hydrogen) atoms. The van der Waals surface area contributed by atoms with Crippen molar-refractivity contribution < 1.29 is 9.15 Å². The van der Waals surface area contributed by atoms with Gasteiger partial charge in [0.15, 0.2) is 0 Å². The highest BCUT2D eigenvalue weighted by Crippen LogP contribution is 2.08. The van der Waals surface area contributed by atoms with E-state index in [1.54, 1.807) is 18.4 Å². The van der Waals surface area contributed by atoms with Gasteiger partial charge in [-0.25, -0.2) is 0 Å². The Balaban J connectivity index is 2.30. The van der Waals surface area contributed by atoms with Gasteiger partial charge in [-0.15, -0.1) is 0 Å². The fraction of sp³-hybridized carbons (Fsp3) is 0.333. The van der Waals surface area contributed by atoms with Gasteiger partial charge in [-0.2, -0.15) is 0 Å². The van der Waals surface area contributed by atoms with Crippen molar-refractivity contribution in [3.8, 4) is 5.95 Å². The molecule has 1 aromatic heterocycles. The Hall–Kier alpha value is -0.960. The second-order valence-corrected chi connectivity index (χ2v) is 1.57. The number of ether oxygens (including phenoxy) is 1. The van der Waals surface area contributed by atoms with Gasteiger partial charge in [-0.1, -0.05) is 0 Å². The van der Waals surface area contributed by atoms with Gasteiger partial charge < -0.3 is 14.9 Å². The first-order valence-corrected chi connectivity index (χ1v) is 2.80. The molecule has 3 nitrogen and oxygen atoms in total. The summed E-state index contributed by atoms with van der Waals surface area (Å²) in [6.45, 7) is 1.02. The predicted molar refractivity (Wildman–Crippen MR) is 33.3 cm³/mol. The largest absolute Gasteiger partial charge is 0.464 e. The van der Waals surface area contributed by atoms with Crippen LogP contribution >= 0.6 is 0 Å². The van der Waals surface area contributed by atoms with Gasteiger partial charge in [0.05, 0.1) is 6.26 Å². The molecule has 50 valence electrons. The summed E-state index contributed by atoms with van der Waals surface area (Å²) in [5.74, 6) is 0.528. The van der Waals surface area contributed by atoms with Gasteiger partial charge in [0.2, 0.25) is 0 Å². The minimum atomic E-state index is 0.507. The van der Waals surface area contributed by atoms with Gasteiger partial charge in [0, 0.05) is 12.6 Å². The molecule has 0 aromatic carbocycles. The van der Waals surface area contributed by atoms with Crippen molar-refractivity contribution in [2.45, 2.75) is 0 Å². The van der Waals surface area contributed by atoms with Crippen molar-refractivity contribution >= 4 is 0 Å². The molecule has 3 heteroatoms. The molecule has 0 fully saturated rings. The van der Waals surface area contributed by atoms with E-state index in [2.05, 4.69) is 0 Å². The second kappa shape index (κ2) is 3.14. The van der Waals surface area contributed by atoms with E-state index in [9.17, 15) is 0 Å². The molecule has 0 spiro atoms. The van der Waals surface area contributed by atoms with Gasteiger partial charge in [-0.3, -0.25) is 0 Å². The summed E-state index contributed by atoms with van der Waals surface area (Å²) in [5.41, 5.74) is 5.18. The molecule has 0 unspecified atom stereocenters. The number of furan rings is 1. The topological polar surface area (TPSA) is 48.4 Å². The molecule has 0 aliphatic carbocycles. The van der Waals surface area contributed by atoms with Crippen LogP contribution in [0.15, 0.2) is 22.8 Å². The minimum absolute atomic E-state index is 0.507. The lowest BCUT2D eigenvalue weighted by molar-refractivity contribution is 0.250. The van der Waals surface area contributed by atoms with Gasteiger partial charge >= 0.3 is 0 Å². The van der Waals surface area contributed by atoms with Crippen LogP contribution in [-0.4, -0.2) is 13.2 Å². The maximum atomic E-state index is 5.18. The van der Waals surface area contributed by atoms with Crippen molar-refractivity contribution in [2.24, 2.45) is 5.73 Å². The molecule has 0 amide bonds. The van der Waals surface area contributed by atoms with Crippen LogP contribution in [0.3, 0.4) is 0 Å². The quantitative estimate of drug-likeness (QED) is 0.647. The predicted octanol–water partition coefficient (Wildman–Crippen LogP) is 0.617. The van der Waals surface area contributed by atoms with Crippen molar-refractivity contribution in [3.63, 3.8) is 0 Å². The second-order valence-electron chi connectivity index (χ2n) is 1.57. The van der Waals surface area contributed by atoms with Crippen LogP contribution < -0.4 is 10.5 Å². The summed E-state index contributed by atoms with van der Waals surface area (Å²) in [5, 5.41) is 0. The Labute approximate surface area is 53.4 Å². The molecule has 0 bridgehead atoms. The Bertz CT molecular complexity index is 148. The Morgan fingerprint density at radius 1 is 1.67 bits per heavy atom. The average molecular weight is 127 g/mol. The first-order chi connectivity index (χ1) is 4.43. The van der Waals surface area contributed by atoms with Crippen molar-refractivity contribution in [2.75, 3.05) is 13.2 Å². The molecule has 1 heterocycles. The van der Waals surface area contributed by atoms with Crippen molar-refractivity contribution in [1.29, 1.82) is 0 Å². The third-order valence-corrected chi connectivity index (χ3v) is 0.857. The van der Waals surface area contributed by atoms with Crippen molar-refractivity contribution in [1.82, 2.24) is 0 Å². The maximum Gasteiger partial charge on any atom is 0.284 e. The van der Waals surface area contributed by atoms with E-state index in [0.29, 0.717) is 19.1 Å². The Kier molecular flexibility index (Phi) is 2.15. The number of nitrogens with two attached hydrogens (primary N) is 1. The normalized spacial score (nSPS) is 9.44. The summed E-state index contributed by atoms with van der Waals surface area (Å²) >= 11 is 0. The number of hydrogen-bond acceptors (Lipinski definition) is 3. The van der Waals surface area contributed by atoms with Crippen LogP contribution in [0.2, 0.25) is 0 Å². The zero-order valence-electron chi connectivity index (χ0n) is 5.04.